The number of benzene rings is 1. The van der Waals surface area contributed by atoms with Crippen LogP contribution in [-0.4, -0.2) is 76.6 Å². The summed E-state index contributed by atoms with van der Waals surface area (Å²) in [5, 5.41) is 33.5. The van der Waals surface area contributed by atoms with Gasteiger partial charge >= 0.3 is 0 Å². The zero-order valence-corrected chi connectivity index (χ0v) is 21.1. The van der Waals surface area contributed by atoms with Crippen LogP contribution in [0.4, 0.5) is 0 Å². The lowest BCUT2D eigenvalue weighted by Crippen LogP contribution is -2.58. The summed E-state index contributed by atoms with van der Waals surface area (Å²) in [6.07, 6.45) is 6.12. The molecule has 1 heterocycles. The number of hydrogen-bond donors (Lipinski definition) is 4. The number of aliphatic hydroxyl groups is 3. The third-order valence-electron chi connectivity index (χ3n) is 7.62. The topological polar surface area (TPSA) is 129 Å². The maximum absolute atomic E-state index is 13.4. The minimum atomic E-state index is -1.07. The fourth-order valence-corrected chi connectivity index (χ4v) is 5.92. The first kappa shape index (κ1) is 26.4. The van der Waals surface area contributed by atoms with Crippen LogP contribution in [0.5, 0.6) is 11.5 Å². The zero-order valence-electron chi connectivity index (χ0n) is 21.1. The molecule has 0 bridgehead atoms. The number of carbonyl (C=O) groups is 2. The van der Waals surface area contributed by atoms with Crippen LogP contribution in [0, 0.1) is 0 Å². The first-order valence-corrected chi connectivity index (χ1v) is 13.0. The van der Waals surface area contributed by atoms with E-state index in [9.17, 15) is 24.9 Å². The van der Waals surface area contributed by atoms with E-state index in [-0.39, 0.29) is 37.6 Å². The molecule has 2 aliphatic carbocycles. The monoisotopic (exact) mass is 502 g/mol. The first-order valence-electron chi connectivity index (χ1n) is 13.0. The fraction of sp³-hybridized carbons (Fsp3) is 0.630. The molecule has 4 rings (SSSR count). The van der Waals surface area contributed by atoms with Gasteiger partial charge in [-0.1, -0.05) is 32.6 Å². The van der Waals surface area contributed by atoms with Crippen molar-refractivity contribution in [2.45, 2.75) is 88.7 Å². The van der Waals surface area contributed by atoms with Gasteiger partial charge < -0.3 is 35.0 Å². The summed E-state index contributed by atoms with van der Waals surface area (Å²) in [4.78, 5) is 28.4. The van der Waals surface area contributed by atoms with E-state index in [1.54, 1.807) is 23.1 Å². The Morgan fingerprint density at radius 3 is 2.50 bits per heavy atom. The van der Waals surface area contributed by atoms with Gasteiger partial charge in [-0.3, -0.25) is 9.59 Å². The van der Waals surface area contributed by atoms with Gasteiger partial charge in [0.15, 0.2) is 11.5 Å². The van der Waals surface area contributed by atoms with Crippen molar-refractivity contribution in [1.82, 2.24) is 10.2 Å². The molecular weight excluding hydrogens is 464 g/mol. The molecule has 4 N–H and O–H groups in total. The van der Waals surface area contributed by atoms with Crippen LogP contribution < -0.4 is 14.8 Å². The highest BCUT2D eigenvalue weighted by atomic mass is 16.5. The van der Waals surface area contributed by atoms with Crippen LogP contribution in [0.1, 0.15) is 68.9 Å². The van der Waals surface area contributed by atoms with Crippen molar-refractivity contribution in [2.24, 2.45) is 0 Å². The van der Waals surface area contributed by atoms with Gasteiger partial charge in [0.2, 0.25) is 11.8 Å². The van der Waals surface area contributed by atoms with Crippen molar-refractivity contribution in [3.05, 3.63) is 34.9 Å². The standard InChI is InChI=1S/C27H38N2O7/c1-3-22(32)29(17-8-6-4-5-7-9-17)20-14-19(27(34)28-10-11-30)23-18-12-16(15-31)13-21(35-2)25(18)36-26(23)24(20)33/h12-14,17,20,23-24,26,30-31,33H,3-11,15H2,1-2H3,(H,28,34). The largest absolute Gasteiger partial charge is 0.493 e. The lowest BCUT2D eigenvalue weighted by atomic mass is 9.76. The molecule has 0 radical (unpaired) electrons. The molecule has 2 amide bonds. The second kappa shape index (κ2) is 11.6. The van der Waals surface area contributed by atoms with Gasteiger partial charge in [0.25, 0.3) is 0 Å². The van der Waals surface area contributed by atoms with E-state index in [1.165, 1.54) is 7.11 Å². The lowest BCUT2D eigenvalue weighted by Gasteiger charge is -2.44. The van der Waals surface area contributed by atoms with Crippen molar-refractivity contribution in [3.8, 4) is 11.5 Å². The average Bonchev–Trinajstić information content (AvgIpc) is 3.08. The van der Waals surface area contributed by atoms with E-state index in [2.05, 4.69) is 5.32 Å². The molecule has 0 saturated heterocycles. The van der Waals surface area contributed by atoms with Crippen LogP contribution >= 0.6 is 0 Å². The second-order valence-electron chi connectivity index (χ2n) is 9.82. The Bertz CT molecular complexity index is 987. The van der Waals surface area contributed by atoms with Crippen molar-refractivity contribution in [2.75, 3.05) is 20.3 Å². The summed E-state index contributed by atoms with van der Waals surface area (Å²) in [5.41, 5.74) is 1.62. The summed E-state index contributed by atoms with van der Waals surface area (Å²) in [6.45, 7) is 1.46. The van der Waals surface area contributed by atoms with E-state index in [0.29, 0.717) is 34.6 Å². The molecule has 0 aromatic heterocycles. The predicted molar refractivity (Wildman–Crippen MR) is 133 cm³/mol. The molecule has 1 saturated carbocycles. The summed E-state index contributed by atoms with van der Waals surface area (Å²) in [5.74, 6) is -0.224. The van der Waals surface area contributed by atoms with Gasteiger partial charge in [-0.15, -0.1) is 0 Å². The van der Waals surface area contributed by atoms with Crippen molar-refractivity contribution >= 4 is 11.8 Å². The number of nitrogens with one attached hydrogen (secondary N) is 1. The quantitative estimate of drug-likeness (QED) is 0.399. The second-order valence-corrected chi connectivity index (χ2v) is 9.82. The van der Waals surface area contributed by atoms with Crippen LogP contribution in [-0.2, 0) is 16.2 Å². The van der Waals surface area contributed by atoms with Gasteiger partial charge in [0.1, 0.15) is 12.2 Å². The molecule has 1 fully saturated rings. The van der Waals surface area contributed by atoms with E-state index in [0.717, 1.165) is 38.5 Å². The van der Waals surface area contributed by atoms with E-state index in [1.807, 2.05) is 6.92 Å². The number of fused-ring (bicyclic) bond motifs is 3. The van der Waals surface area contributed by atoms with Crippen molar-refractivity contribution in [3.63, 3.8) is 0 Å². The average molecular weight is 503 g/mol. The highest BCUT2D eigenvalue weighted by molar-refractivity contribution is 5.96. The molecule has 9 heteroatoms. The van der Waals surface area contributed by atoms with E-state index < -0.39 is 24.2 Å². The smallest absolute Gasteiger partial charge is 0.247 e. The van der Waals surface area contributed by atoms with Gasteiger partial charge in [0.05, 0.1) is 32.3 Å². The molecule has 1 aliphatic heterocycles. The summed E-state index contributed by atoms with van der Waals surface area (Å²) >= 11 is 0. The molecule has 0 spiro atoms. The third-order valence-corrected chi connectivity index (χ3v) is 7.62. The predicted octanol–water partition coefficient (Wildman–Crippen LogP) is 1.77. The normalized spacial score (nSPS) is 25.6. The number of rotatable bonds is 8. The van der Waals surface area contributed by atoms with E-state index in [4.69, 9.17) is 9.47 Å². The Hall–Kier alpha value is -2.62. The molecule has 4 unspecified atom stereocenters. The molecule has 9 nitrogen and oxygen atoms in total. The minimum Gasteiger partial charge on any atom is -0.493 e. The Balaban J connectivity index is 1.81. The van der Waals surface area contributed by atoms with E-state index >= 15 is 0 Å². The molecule has 1 aromatic carbocycles. The zero-order chi connectivity index (χ0) is 25.8. The van der Waals surface area contributed by atoms with Crippen LogP contribution in [0.2, 0.25) is 0 Å². The number of hydrogen-bond acceptors (Lipinski definition) is 7. The number of carbonyl (C=O) groups excluding carboxylic acids is 2. The summed E-state index contributed by atoms with van der Waals surface area (Å²) < 4.78 is 11.8. The first-order chi connectivity index (χ1) is 17.4. The highest BCUT2D eigenvalue weighted by Crippen LogP contribution is 2.51. The number of ether oxygens (including phenoxy) is 2. The summed E-state index contributed by atoms with van der Waals surface area (Å²) in [6, 6.07) is 2.69. The maximum Gasteiger partial charge on any atom is 0.247 e. The van der Waals surface area contributed by atoms with Crippen molar-refractivity contribution < 1.29 is 34.4 Å². The third kappa shape index (κ3) is 4.96. The Labute approximate surface area is 212 Å². The molecule has 36 heavy (non-hydrogen) atoms. The Morgan fingerprint density at radius 2 is 1.89 bits per heavy atom. The maximum atomic E-state index is 13.4. The fourth-order valence-electron chi connectivity index (χ4n) is 5.92. The number of aliphatic hydroxyl groups excluding tert-OH is 3. The van der Waals surface area contributed by atoms with Gasteiger partial charge in [-0.2, -0.15) is 0 Å². The number of methoxy groups -OCH3 is 1. The Morgan fingerprint density at radius 1 is 1.17 bits per heavy atom. The van der Waals surface area contributed by atoms with Crippen LogP contribution in [0.15, 0.2) is 23.8 Å². The molecular formula is C27H38N2O7. The molecule has 3 aliphatic rings. The van der Waals surface area contributed by atoms with Crippen molar-refractivity contribution in [1.29, 1.82) is 0 Å². The highest BCUT2D eigenvalue weighted by Gasteiger charge is 2.52. The molecule has 1 aromatic rings. The lowest BCUT2D eigenvalue weighted by molar-refractivity contribution is -0.140. The Kier molecular flexibility index (Phi) is 8.54. The van der Waals surface area contributed by atoms with Gasteiger partial charge in [-0.25, -0.2) is 0 Å². The molecule has 198 valence electrons. The number of nitrogens with zero attached hydrogens (tertiary/aromatic N) is 1. The molecule has 4 atom stereocenters. The SMILES string of the molecule is CCC(=O)N(C1CCCCCC1)C1C=C(C(=O)NCCO)C2c3cc(CO)cc(OC)c3OC2C1O. The van der Waals surface area contributed by atoms with Crippen LogP contribution in [0.25, 0.3) is 0 Å². The van der Waals surface area contributed by atoms with Gasteiger partial charge in [0, 0.05) is 30.1 Å². The summed E-state index contributed by atoms with van der Waals surface area (Å²) in [7, 11) is 1.50. The number of amides is 2. The minimum absolute atomic E-state index is 0.0199. The van der Waals surface area contributed by atoms with Gasteiger partial charge in [-0.05, 0) is 36.6 Å². The van der Waals surface area contributed by atoms with Crippen LogP contribution in [0.3, 0.4) is 0 Å².